The first-order valence-electron chi connectivity index (χ1n) is 6.69. The quantitative estimate of drug-likeness (QED) is 0.246. The van der Waals surface area contributed by atoms with Crippen molar-refractivity contribution in [2.75, 3.05) is 5.75 Å². The minimum Gasteiger partial charge on any atom is -0.623 e. The highest BCUT2D eigenvalue weighted by molar-refractivity contribution is 7.80. The van der Waals surface area contributed by atoms with E-state index in [4.69, 9.17) is 5.11 Å². The van der Waals surface area contributed by atoms with E-state index in [0.29, 0.717) is 5.69 Å². The molecule has 1 heterocycles. The number of aliphatic carboxylic acids is 1. The number of nitrogens with zero attached hydrogens (tertiary/aromatic N) is 2. The predicted octanol–water partition coefficient (Wildman–Crippen LogP) is 0.866. The molecule has 22 heavy (non-hydrogen) atoms. The Bertz CT molecular complexity index is 602. The number of aromatic nitrogens is 1. The van der Waals surface area contributed by atoms with Crippen molar-refractivity contribution in [2.45, 2.75) is 32.4 Å². The fraction of sp³-hybridized carbons (Fsp3) is 0.500. The third-order valence-electron chi connectivity index (χ3n) is 3.09. The predicted molar refractivity (Wildman–Crippen MR) is 86.7 cm³/mol. The lowest BCUT2D eigenvalue weighted by Crippen LogP contribution is -2.42. The summed E-state index contributed by atoms with van der Waals surface area (Å²) < 4.78 is 2.33. The normalized spacial score (nSPS) is 13.8. The number of rotatable bonds is 5. The summed E-state index contributed by atoms with van der Waals surface area (Å²) in [4.78, 5) is 23.0. The molecular formula is C14H21N3O4S. The lowest BCUT2D eigenvalue weighted by molar-refractivity contribution is -0.530. The third kappa shape index (κ3) is 4.27. The molecule has 0 fully saturated rings. The minimum absolute atomic E-state index is 0.0111. The molecule has 1 aromatic rings. The highest BCUT2D eigenvalue weighted by Crippen LogP contribution is 2.09. The highest BCUT2D eigenvalue weighted by atomic mass is 32.1. The number of hydrogen-bond donors (Lipinski definition) is 3. The van der Waals surface area contributed by atoms with E-state index in [9.17, 15) is 14.8 Å². The zero-order valence-corrected chi connectivity index (χ0v) is 13.9. The number of carboxylic acids is 1. The van der Waals surface area contributed by atoms with Crippen LogP contribution in [-0.2, 0) is 11.8 Å². The topological polar surface area (TPSA) is 97.4 Å². The Labute approximate surface area is 134 Å². The Morgan fingerprint density at radius 2 is 2.09 bits per heavy atom. The average molecular weight is 327 g/mol. The number of nitrogens with one attached hydrogen (secondary N) is 1. The summed E-state index contributed by atoms with van der Waals surface area (Å²) in [5.41, 5.74) is 0.224. The highest BCUT2D eigenvalue weighted by Gasteiger charge is 2.22. The summed E-state index contributed by atoms with van der Waals surface area (Å²) in [6, 6.07) is 2.10. The first-order valence-corrected chi connectivity index (χ1v) is 7.32. The van der Waals surface area contributed by atoms with E-state index in [0.717, 1.165) is 4.74 Å². The molecule has 0 aliphatic heterocycles. The van der Waals surface area contributed by atoms with Crippen molar-refractivity contribution in [3.05, 3.63) is 28.7 Å². The number of thiol groups is 1. The maximum atomic E-state index is 12.1. The molecule has 122 valence electrons. The summed E-state index contributed by atoms with van der Waals surface area (Å²) >= 11 is 3.89. The minimum atomic E-state index is -1.15. The van der Waals surface area contributed by atoms with Gasteiger partial charge in [-0.1, -0.05) is 0 Å². The second-order valence-electron chi connectivity index (χ2n) is 5.88. The molecule has 7 nitrogen and oxygen atoms in total. The van der Waals surface area contributed by atoms with E-state index in [1.54, 1.807) is 33.9 Å². The molecule has 0 bridgehead atoms. The Morgan fingerprint density at radius 1 is 1.50 bits per heavy atom. The van der Waals surface area contributed by atoms with E-state index in [-0.39, 0.29) is 11.4 Å². The molecule has 1 rings (SSSR count). The van der Waals surface area contributed by atoms with Crippen molar-refractivity contribution in [3.8, 4) is 0 Å². The smallest absolute Gasteiger partial charge is 0.327 e. The van der Waals surface area contributed by atoms with Crippen LogP contribution in [0.5, 0.6) is 0 Å². The van der Waals surface area contributed by atoms with Crippen LogP contribution >= 0.6 is 12.6 Å². The van der Waals surface area contributed by atoms with Crippen LogP contribution in [0.1, 0.15) is 37.0 Å². The van der Waals surface area contributed by atoms with Crippen LogP contribution in [0, 0.1) is 5.21 Å². The number of hydrogen-bond acceptors (Lipinski definition) is 4. The van der Waals surface area contributed by atoms with Gasteiger partial charge < -0.3 is 20.2 Å². The molecule has 1 unspecified atom stereocenters. The molecule has 1 aromatic heterocycles. The number of carboxylic acid groups (broad SMARTS) is 1. The Kier molecular flexibility index (Phi) is 5.65. The Morgan fingerprint density at radius 3 is 2.55 bits per heavy atom. The molecule has 0 aliphatic rings. The van der Waals surface area contributed by atoms with Gasteiger partial charge in [0.2, 0.25) is 0 Å². The van der Waals surface area contributed by atoms with E-state index < -0.39 is 23.5 Å². The molecule has 0 radical (unpaired) electrons. The van der Waals surface area contributed by atoms with Crippen LogP contribution in [0.2, 0.25) is 0 Å². The molecule has 1 atom stereocenters. The molecule has 0 aromatic carbocycles. The maximum Gasteiger partial charge on any atom is 0.327 e. The monoisotopic (exact) mass is 327 g/mol. The van der Waals surface area contributed by atoms with E-state index in [1.165, 1.54) is 16.8 Å². The standard InChI is InChI=1S/C14H21N3O4S/c1-14(2,3)17(21)7-9-5-6-11(16(9)4)12(18)15-10(8-22)13(19)20/h5-7,10,22H,8H2,1-4H3,(H,15,18)(H,19,20)/b17-7+. The van der Waals surface area contributed by atoms with E-state index >= 15 is 0 Å². The van der Waals surface area contributed by atoms with E-state index in [2.05, 4.69) is 17.9 Å². The van der Waals surface area contributed by atoms with Crippen LogP contribution in [-0.4, -0.2) is 49.8 Å². The summed E-state index contributed by atoms with van der Waals surface area (Å²) in [6.07, 6.45) is 1.39. The second-order valence-corrected chi connectivity index (χ2v) is 6.24. The van der Waals surface area contributed by atoms with Gasteiger partial charge in [0.15, 0.2) is 11.8 Å². The SMILES string of the molecule is Cn1c(/C=[N+](/[O-])C(C)(C)C)ccc1C(=O)NC(CS)C(=O)O. The van der Waals surface area contributed by atoms with Crippen molar-refractivity contribution in [1.82, 2.24) is 9.88 Å². The molecular weight excluding hydrogens is 306 g/mol. The Hall–Kier alpha value is -1.96. The van der Waals surface area contributed by atoms with Gasteiger partial charge in [-0.2, -0.15) is 12.6 Å². The number of carbonyl (C=O) groups is 2. The van der Waals surface area contributed by atoms with Gasteiger partial charge in [-0.3, -0.25) is 4.79 Å². The molecule has 1 amide bonds. The fourth-order valence-electron chi connectivity index (χ4n) is 1.62. The zero-order valence-electron chi connectivity index (χ0n) is 13.0. The van der Waals surface area contributed by atoms with Gasteiger partial charge in [0.25, 0.3) is 5.91 Å². The van der Waals surface area contributed by atoms with Crippen LogP contribution < -0.4 is 5.32 Å². The summed E-state index contributed by atoms with van der Waals surface area (Å²) in [7, 11) is 1.63. The van der Waals surface area contributed by atoms with Crippen molar-refractivity contribution < 1.29 is 19.4 Å². The van der Waals surface area contributed by atoms with Gasteiger partial charge in [0.05, 0.1) is 0 Å². The summed E-state index contributed by atoms with van der Waals surface area (Å²) in [5, 5.41) is 23.2. The largest absolute Gasteiger partial charge is 0.623 e. The molecule has 8 heteroatoms. The Balaban J connectivity index is 3.01. The van der Waals surface area contributed by atoms with Crippen molar-refractivity contribution >= 4 is 30.7 Å². The van der Waals surface area contributed by atoms with Gasteiger partial charge in [-0.15, -0.1) is 0 Å². The zero-order chi connectivity index (χ0) is 17.1. The summed E-state index contributed by atoms with van der Waals surface area (Å²) in [6.45, 7) is 5.33. The molecule has 0 aliphatic carbocycles. The first kappa shape index (κ1) is 18.1. The van der Waals surface area contributed by atoms with Gasteiger partial charge >= 0.3 is 5.97 Å². The van der Waals surface area contributed by atoms with Crippen LogP contribution in [0.15, 0.2) is 12.1 Å². The molecule has 0 saturated heterocycles. The van der Waals surface area contributed by atoms with Crippen molar-refractivity contribution in [1.29, 1.82) is 0 Å². The van der Waals surface area contributed by atoms with Gasteiger partial charge in [0, 0.05) is 33.6 Å². The van der Waals surface area contributed by atoms with Gasteiger partial charge in [0.1, 0.15) is 17.4 Å². The molecule has 0 saturated carbocycles. The number of hydroxylamine groups is 1. The lowest BCUT2D eigenvalue weighted by Gasteiger charge is -2.18. The van der Waals surface area contributed by atoms with Gasteiger partial charge in [-0.25, -0.2) is 9.53 Å². The van der Waals surface area contributed by atoms with Crippen LogP contribution in [0.3, 0.4) is 0 Å². The van der Waals surface area contributed by atoms with Crippen LogP contribution in [0.4, 0.5) is 0 Å². The van der Waals surface area contributed by atoms with E-state index in [1.807, 2.05) is 0 Å². The number of carbonyl (C=O) groups excluding carboxylic acids is 1. The fourth-order valence-corrected chi connectivity index (χ4v) is 1.86. The van der Waals surface area contributed by atoms with Crippen LogP contribution in [0.25, 0.3) is 0 Å². The van der Waals surface area contributed by atoms with Gasteiger partial charge in [-0.05, 0) is 12.1 Å². The third-order valence-corrected chi connectivity index (χ3v) is 3.46. The lowest BCUT2D eigenvalue weighted by atomic mass is 10.1. The average Bonchev–Trinajstić information content (AvgIpc) is 2.76. The maximum absolute atomic E-state index is 12.1. The number of amides is 1. The van der Waals surface area contributed by atoms with Crippen molar-refractivity contribution in [2.24, 2.45) is 7.05 Å². The summed E-state index contributed by atoms with van der Waals surface area (Å²) in [5.74, 6) is -1.69. The molecule has 2 N–H and O–H groups in total. The molecule has 0 spiro atoms. The second kappa shape index (κ2) is 6.87. The van der Waals surface area contributed by atoms with Crippen molar-refractivity contribution in [3.63, 3.8) is 0 Å². The first-order chi connectivity index (χ1) is 10.1.